The Bertz CT molecular complexity index is 535. The van der Waals surface area contributed by atoms with E-state index < -0.39 is 11.9 Å². The summed E-state index contributed by atoms with van der Waals surface area (Å²) in [7, 11) is 0. The van der Waals surface area contributed by atoms with Crippen molar-refractivity contribution in [2.75, 3.05) is 19.7 Å². The van der Waals surface area contributed by atoms with E-state index in [4.69, 9.17) is 9.84 Å². The molecule has 1 aromatic rings. The molecule has 1 unspecified atom stereocenters. The van der Waals surface area contributed by atoms with Gasteiger partial charge in [0, 0.05) is 19.5 Å². The summed E-state index contributed by atoms with van der Waals surface area (Å²) in [5, 5.41) is 8.93. The standard InChI is InChI=1S/C17H23NO4.ClH/c1-13-5-4-6-15(11-13)22-10-3-2-7-16(19)18-9-8-14(12-18)17(20)21;/h4-6,11,14H,2-3,7-10,12H2,1H3,(H,20,21);1H. The highest BCUT2D eigenvalue weighted by Crippen LogP contribution is 2.18. The van der Waals surface area contributed by atoms with Crippen molar-refractivity contribution in [2.24, 2.45) is 5.92 Å². The molecule has 6 heteroatoms. The van der Waals surface area contributed by atoms with Crippen LogP contribution in [0.3, 0.4) is 0 Å². The molecule has 2 rings (SSSR count). The van der Waals surface area contributed by atoms with Crippen LogP contribution in [-0.2, 0) is 9.59 Å². The van der Waals surface area contributed by atoms with Gasteiger partial charge in [0.15, 0.2) is 0 Å². The number of amides is 1. The number of hydrogen-bond acceptors (Lipinski definition) is 3. The number of hydrogen-bond donors (Lipinski definition) is 1. The maximum Gasteiger partial charge on any atom is 0.308 e. The van der Waals surface area contributed by atoms with Gasteiger partial charge in [-0.05, 0) is 43.9 Å². The predicted molar refractivity (Wildman–Crippen MR) is 90.1 cm³/mol. The average molecular weight is 342 g/mol. The first kappa shape index (κ1) is 19.3. The quantitative estimate of drug-likeness (QED) is 0.774. The Labute approximate surface area is 143 Å². The lowest BCUT2D eigenvalue weighted by Gasteiger charge is -2.15. The molecule has 0 radical (unpaired) electrons. The molecule has 1 aliphatic heterocycles. The number of halogens is 1. The lowest BCUT2D eigenvalue weighted by atomic mass is 10.1. The lowest BCUT2D eigenvalue weighted by molar-refractivity contribution is -0.141. The Morgan fingerprint density at radius 3 is 2.78 bits per heavy atom. The SMILES string of the molecule is Cc1cccc(OCCCCC(=O)N2CCC(C(=O)O)C2)c1.Cl. The summed E-state index contributed by atoms with van der Waals surface area (Å²) in [6.07, 6.45) is 2.61. The van der Waals surface area contributed by atoms with Gasteiger partial charge in [-0.1, -0.05) is 12.1 Å². The van der Waals surface area contributed by atoms with Crippen molar-refractivity contribution in [3.8, 4) is 5.75 Å². The summed E-state index contributed by atoms with van der Waals surface area (Å²) in [6.45, 7) is 3.53. The molecule has 1 saturated heterocycles. The molecule has 0 spiro atoms. The number of unbranched alkanes of at least 4 members (excludes halogenated alkanes) is 1. The molecule has 1 amide bonds. The van der Waals surface area contributed by atoms with Gasteiger partial charge in [-0.25, -0.2) is 0 Å². The predicted octanol–water partition coefficient (Wildman–Crippen LogP) is 2.90. The van der Waals surface area contributed by atoms with E-state index in [0.717, 1.165) is 24.2 Å². The molecule has 1 fully saturated rings. The fourth-order valence-corrected chi connectivity index (χ4v) is 2.62. The van der Waals surface area contributed by atoms with Crippen LogP contribution in [-0.4, -0.2) is 41.6 Å². The van der Waals surface area contributed by atoms with Crippen molar-refractivity contribution in [3.63, 3.8) is 0 Å². The summed E-state index contributed by atoms with van der Waals surface area (Å²) in [4.78, 5) is 24.5. The zero-order chi connectivity index (χ0) is 15.9. The van der Waals surface area contributed by atoms with Crippen LogP contribution in [0, 0.1) is 12.8 Å². The Kier molecular flexibility index (Phi) is 7.89. The van der Waals surface area contributed by atoms with Crippen molar-refractivity contribution in [2.45, 2.75) is 32.6 Å². The van der Waals surface area contributed by atoms with Gasteiger partial charge in [0.1, 0.15) is 5.75 Å². The van der Waals surface area contributed by atoms with Crippen LogP contribution < -0.4 is 4.74 Å². The number of carboxylic acid groups (broad SMARTS) is 1. The number of rotatable bonds is 7. The van der Waals surface area contributed by atoms with Gasteiger partial charge in [0.2, 0.25) is 5.91 Å². The number of carbonyl (C=O) groups is 2. The van der Waals surface area contributed by atoms with Crippen LogP contribution in [0.2, 0.25) is 0 Å². The van der Waals surface area contributed by atoms with Crippen molar-refractivity contribution in [1.82, 2.24) is 4.90 Å². The molecule has 0 aromatic heterocycles. The molecule has 23 heavy (non-hydrogen) atoms. The van der Waals surface area contributed by atoms with Crippen LogP contribution in [0.1, 0.15) is 31.2 Å². The third-order valence-corrected chi connectivity index (χ3v) is 3.93. The van der Waals surface area contributed by atoms with E-state index in [2.05, 4.69) is 0 Å². The zero-order valence-electron chi connectivity index (χ0n) is 13.4. The second kappa shape index (κ2) is 9.40. The third-order valence-electron chi connectivity index (χ3n) is 3.93. The Balaban J connectivity index is 0.00000264. The smallest absolute Gasteiger partial charge is 0.308 e. The minimum atomic E-state index is -0.804. The van der Waals surface area contributed by atoms with E-state index in [1.54, 1.807) is 4.90 Å². The zero-order valence-corrected chi connectivity index (χ0v) is 14.2. The first-order valence-corrected chi connectivity index (χ1v) is 7.76. The van der Waals surface area contributed by atoms with Crippen molar-refractivity contribution in [1.29, 1.82) is 0 Å². The molecule has 128 valence electrons. The van der Waals surface area contributed by atoms with Gasteiger partial charge >= 0.3 is 5.97 Å². The van der Waals surface area contributed by atoms with Gasteiger partial charge in [-0.15, -0.1) is 12.4 Å². The highest BCUT2D eigenvalue weighted by molar-refractivity contribution is 5.85. The summed E-state index contributed by atoms with van der Waals surface area (Å²) in [5.41, 5.74) is 1.16. The van der Waals surface area contributed by atoms with Gasteiger partial charge in [-0.3, -0.25) is 9.59 Å². The molecule has 1 N–H and O–H groups in total. The number of nitrogens with zero attached hydrogens (tertiary/aromatic N) is 1. The van der Waals surface area contributed by atoms with Crippen LogP contribution in [0.15, 0.2) is 24.3 Å². The van der Waals surface area contributed by atoms with Gasteiger partial charge < -0.3 is 14.7 Å². The Morgan fingerprint density at radius 1 is 1.35 bits per heavy atom. The second-order valence-corrected chi connectivity index (χ2v) is 5.79. The second-order valence-electron chi connectivity index (χ2n) is 5.79. The number of carboxylic acids is 1. The summed E-state index contributed by atoms with van der Waals surface area (Å²) in [5.74, 6) is -0.287. The maximum atomic E-state index is 12.0. The van der Waals surface area contributed by atoms with E-state index in [9.17, 15) is 9.59 Å². The minimum Gasteiger partial charge on any atom is -0.494 e. The molecular weight excluding hydrogens is 318 g/mol. The molecule has 1 atom stereocenters. The van der Waals surface area contributed by atoms with E-state index >= 15 is 0 Å². The van der Waals surface area contributed by atoms with Crippen molar-refractivity contribution < 1.29 is 19.4 Å². The molecule has 1 heterocycles. The minimum absolute atomic E-state index is 0. The molecule has 0 aliphatic carbocycles. The lowest BCUT2D eigenvalue weighted by Crippen LogP contribution is -2.29. The summed E-state index contributed by atoms with van der Waals surface area (Å²) in [6, 6.07) is 7.89. The van der Waals surface area contributed by atoms with E-state index in [0.29, 0.717) is 32.5 Å². The topological polar surface area (TPSA) is 66.8 Å². The van der Waals surface area contributed by atoms with Crippen LogP contribution in [0.4, 0.5) is 0 Å². The first-order chi connectivity index (χ1) is 10.6. The monoisotopic (exact) mass is 341 g/mol. The van der Waals surface area contributed by atoms with Gasteiger partial charge in [0.25, 0.3) is 0 Å². The highest BCUT2D eigenvalue weighted by atomic mass is 35.5. The van der Waals surface area contributed by atoms with Crippen molar-refractivity contribution >= 4 is 24.3 Å². The summed E-state index contributed by atoms with van der Waals surface area (Å²) >= 11 is 0. The maximum absolute atomic E-state index is 12.0. The number of aryl methyl sites for hydroxylation is 1. The number of aliphatic carboxylic acids is 1. The van der Waals surface area contributed by atoms with Crippen molar-refractivity contribution in [3.05, 3.63) is 29.8 Å². The number of ether oxygens (including phenoxy) is 1. The average Bonchev–Trinajstić information content (AvgIpc) is 2.97. The van der Waals surface area contributed by atoms with Gasteiger partial charge in [0.05, 0.1) is 12.5 Å². The molecule has 5 nitrogen and oxygen atoms in total. The largest absolute Gasteiger partial charge is 0.494 e. The Morgan fingerprint density at radius 2 is 2.13 bits per heavy atom. The fourth-order valence-electron chi connectivity index (χ4n) is 2.62. The molecule has 1 aliphatic rings. The number of likely N-dealkylation sites (tertiary alicyclic amines) is 1. The van der Waals surface area contributed by atoms with E-state index in [1.807, 2.05) is 31.2 Å². The normalized spacial score (nSPS) is 16.7. The first-order valence-electron chi connectivity index (χ1n) is 7.76. The number of carbonyl (C=O) groups excluding carboxylic acids is 1. The van der Waals surface area contributed by atoms with Crippen LogP contribution in [0.25, 0.3) is 0 Å². The van der Waals surface area contributed by atoms with Crippen LogP contribution >= 0.6 is 12.4 Å². The third kappa shape index (κ3) is 6.10. The van der Waals surface area contributed by atoms with E-state index in [1.165, 1.54) is 0 Å². The van der Waals surface area contributed by atoms with Crippen LogP contribution in [0.5, 0.6) is 5.75 Å². The molecule has 1 aromatic carbocycles. The Hall–Kier alpha value is -1.75. The molecule has 0 bridgehead atoms. The van der Waals surface area contributed by atoms with Gasteiger partial charge in [-0.2, -0.15) is 0 Å². The van der Waals surface area contributed by atoms with E-state index in [-0.39, 0.29) is 18.3 Å². The number of benzene rings is 1. The molecular formula is C17H24ClNO4. The molecule has 0 saturated carbocycles. The fraction of sp³-hybridized carbons (Fsp3) is 0.529. The highest BCUT2D eigenvalue weighted by Gasteiger charge is 2.30. The summed E-state index contributed by atoms with van der Waals surface area (Å²) < 4.78 is 5.64.